The van der Waals surface area contributed by atoms with Crippen LogP contribution in [0, 0.1) is 6.92 Å². The van der Waals surface area contributed by atoms with Gasteiger partial charge < -0.3 is 3.88 Å². The number of benzene rings is 4. The minimum Gasteiger partial charge on any atom is -0.433 e. The normalized spacial score (nSPS) is 12.4. The molecule has 0 N–H and O–H groups in total. The van der Waals surface area contributed by atoms with Crippen LogP contribution in [0.1, 0.15) is 63.8 Å². The second-order valence-corrected chi connectivity index (χ2v) is 15.2. The molecule has 4 aromatic carbocycles. The monoisotopic (exact) mass is 504 g/mol. The largest absolute Gasteiger partial charge is 0.433 e. The van der Waals surface area contributed by atoms with E-state index in [1.807, 2.05) is 0 Å². The molecule has 0 bridgehead atoms. The Balaban J connectivity index is 1.85. The van der Waals surface area contributed by atoms with Crippen molar-refractivity contribution in [2.75, 3.05) is 3.88 Å². The first-order valence-corrected chi connectivity index (χ1v) is 16.3. The molecule has 0 spiro atoms. The van der Waals surface area contributed by atoms with Gasteiger partial charge in [0, 0.05) is 28.5 Å². The molecule has 0 saturated heterocycles. The SMILES string of the molecule is Cc1ccc2ccccc2c1[N](c1ccccc1C=Nc1cc(C(C)(C)C)cc(C(C)(C)C)c1)[Al]([CH3])[CH3]. The molecule has 2 nitrogen and oxygen atoms in total. The van der Waals surface area contributed by atoms with Gasteiger partial charge in [-0.2, -0.15) is 0 Å². The van der Waals surface area contributed by atoms with Crippen LogP contribution in [-0.2, 0) is 10.8 Å². The highest BCUT2D eigenvalue weighted by Gasteiger charge is 2.24. The van der Waals surface area contributed by atoms with Crippen molar-refractivity contribution in [1.29, 1.82) is 0 Å². The van der Waals surface area contributed by atoms with Gasteiger partial charge in [0.15, 0.2) is 0 Å². The fourth-order valence-corrected chi connectivity index (χ4v) is 6.50. The van der Waals surface area contributed by atoms with Gasteiger partial charge in [0.25, 0.3) is 0 Å². The van der Waals surface area contributed by atoms with E-state index in [-0.39, 0.29) is 10.8 Å². The maximum Gasteiger partial charge on any atom is 0.412 e. The molecule has 3 heteroatoms. The Bertz CT molecular complexity index is 1400. The quantitative estimate of drug-likeness (QED) is 0.195. The van der Waals surface area contributed by atoms with E-state index in [0.717, 1.165) is 11.3 Å². The summed E-state index contributed by atoms with van der Waals surface area (Å²) in [6.07, 6.45) is 2.06. The molecule has 0 radical (unpaired) electrons. The molecule has 0 fully saturated rings. The van der Waals surface area contributed by atoms with Crippen molar-refractivity contribution >= 4 is 48.4 Å². The van der Waals surface area contributed by atoms with Crippen molar-refractivity contribution in [2.24, 2.45) is 4.99 Å². The van der Waals surface area contributed by atoms with E-state index in [4.69, 9.17) is 4.99 Å². The lowest BCUT2D eigenvalue weighted by molar-refractivity contribution is 0.569. The van der Waals surface area contributed by atoms with E-state index in [1.54, 1.807) is 0 Å². The molecule has 4 rings (SSSR count). The van der Waals surface area contributed by atoms with E-state index < -0.39 is 14.4 Å². The number of aliphatic imine (C=N–C) groups is 1. The van der Waals surface area contributed by atoms with Crippen LogP contribution in [-0.4, -0.2) is 20.6 Å². The van der Waals surface area contributed by atoms with Crippen LogP contribution >= 0.6 is 0 Å². The summed E-state index contributed by atoms with van der Waals surface area (Å²) in [5, 5.41) is 2.59. The van der Waals surface area contributed by atoms with Crippen molar-refractivity contribution in [3.05, 3.63) is 101 Å². The number of hydrogen-bond acceptors (Lipinski definition) is 2. The topological polar surface area (TPSA) is 15.6 Å². The first kappa shape index (κ1) is 27.2. The van der Waals surface area contributed by atoms with Gasteiger partial charge in [-0.3, -0.25) is 4.99 Å². The third-order valence-electron chi connectivity index (χ3n) is 7.06. The molecule has 0 aliphatic carbocycles. The molecule has 37 heavy (non-hydrogen) atoms. The van der Waals surface area contributed by atoms with Gasteiger partial charge in [0.1, 0.15) is 0 Å². The molecular formula is C34H41AlN2. The molecule has 0 aliphatic heterocycles. The van der Waals surface area contributed by atoms with Crippen LogP contribution in [0.25, 0.3) is 10.8 Å². The summed E-state index contributed by atoms with van der Waals surface area (Å²) in [5.74, 6) is 4.80. The molecule has 0 saturated carbocycles. The number of anilines is 2. The van der Waals surface area contributed by atoms with Crippen LogP contribution in [0.4, 0.5) is 17.1 Å². The lowest BCUT2D eigenvalue weighted by Gasteiger charge is -2.32. The van der Waals surface area contributed by atoms with Crippen LogP contribution in [0.5, 0.6) is 0 Å². The van der Waals surface area contributed by atoms with Gasteiger partial charge >= 0.3 is 14.4 Å². The van der Waals surface area contributed by atoms with Crippen molar-refractivity contribution in [1.82, 2.24) is 0 Å². The average molecular weight is 505 g/mol. The summed E-state index contributed by atoms with van der Waals surface area (Å²) in [6.45, 7) is 15.9. The predicted octanol–water partition coefficient (Wildman–Crippen LogP) is 9.88. The zero-order valence-electron chi connectivity index (χ0n) is 24.1. The number of rotatable bonds is 5. The first-order chi connectivity index (χ1) is 17.4. The Morgan fingerprint density at radius 1 is 0.730 bits per heavy atom. The van der Waals surface area contributed by atoms with Gasteiger partial charge in [-0.05, 0) is 58.0 Å². The number of aryl methyl sites for hydroxylation is 1. The predicted molar refractivity (Wildman–Crippen MR) is 166 cm³/mol. The fourth-order valence-electron chi connectivity index (χ4n) is 4.85. The Labute approximate surface area is 228 Å². The van der Waals surface area contributed by atoms with E-state index >= 15 is 0 Å². The smallest absolute Gasteiger partial charge is 0.412 e. The summed E-state index contributed by atoms with van der Waals surface area (Å²) in [6, 6.07) is 28.8. The molecule has 0 aliphatic rings. The Morgan fingerprint density at radius 3 is 1.95 bits per heavy atom. The lowest BCUT2D eigenvalue weighted by Crippen LogP contribution is -2.31. The third-order valence-corrected chi connectivity index (χ3v) is 8.63. The van der Waals surface area contributed by atoms with Crippen LogP contribution < -0.4 is 3.88 Å². The number of nitrogens with zero attached hydrogens (tertiary/aromatic N) is 2. The fraction of sp³-hybridized carbons (Fsp3) is 0.324. The molecule has 0 amide bonds. The zero-order valence-corrected chi connectivity index (χ0v) is 25.2. The van der Waals surface area contributed by atoms with Gasteiger partial charge in [-0.15, -0.1) is 0 Å². The first-order valence-electron chi connectivity index (χ1n) is 13.4. The number of para-hydroxylation sites is 1. The Kier molecular flexibility index (Phi) is 7.70. The van der Waals surface area contributed by atoms with Crippen LogP contribution in [0.2, 0.25) is 11.6 Å². The van der Waals surface area contributed by atoms with Crippen LogP contribution in [0.15, 0.2) is 83.9 Å². The summed E-state index contributed by atoms with van der Waals surface area (Å²) in [5.41, 5.74) is 8.80. The summed E-state index contributed by atoms with van der Waals surface area (Å²) in [7, 11) is 0. The number of fused-ring (bicyclic) bond motifs is 1. The van der Waals surface area contributed by atoms with E-state index in [0.29, 0.717) is 0 Å². The zero-order chi connectivity index (χ0) is 27.0. The second-order valence-electron chi connectivity index (χ2n) is 12.5. The van der Waals surface area contributed by atoms with Gasteiger partial charge in [0.2, 0.25) is 0 Å². The van der Waals surface area contributed by atoms with E-state index in [2.05, 4.69) is 149 Å². The van der Waals surface area contributed by atoms with Gasteiger partial charge in [-0.25, -0.2) is 0 Å². The Hall–Kier alpha value is -2.86. The molecule has 4 aromatic rings. The van der Waals surface area contributed by atoms with Crippen molar-refractivity contribution < 1.29 is 0 Å². The molecular weight excluding hydrogens is 463 g/mol. The highest BCUT2D eigenvalue weighted by molar-refractivity contribution is 6.63. The highest BCUT2D eigenvalue weighted by Crippen LogP contribution is 2.38. The average Bonchev–Trinajstić information content (AvgIpc) is 2.83. The minimum atomic E-state index is -1.29. The summed E-state index contributed by atoms with van der Waals surface area (Å²) in [4.78, 5) is 5.07. The van der Waals surface area contributed by atoms with Crippen molar-refractivity contribution in [3.8, 4) is 0 Å². The summed E-state index contributed by atoms with van der Waals surface area (Å²) >= 11 is -1.29. The molecule has 0 unspecified atom stereocenters. The highest BCUT2D eigenvalue weighted by atomic mass is 27.2. The van der Waals surface area contributed by atoms with Gasteiger partial charge in [0.05, 0.1) is 5.69 Å². The molecule has 0 aromatic heterocycles. The molecule has 0 heterocycles. The number of hydrogen-bond donors (Lipinski definition) is 0. The maximum atomic E-state index is 5.07. The second kappa shape index (κ2) is 10.5. The van der Waals surface area contributed by atoms with E-state index in [1.165, 1.54) is 38.8 Å². The molecule has 0 atom stereocenters. The maximum absolute atomic E-state index is 5.07. The summed E-state index contributed by atoms with van der Waals surface area (Å²) < 4.78 is 2.60. The minimum absolute atomic E-state index is 0.0649. The third kappa shape index (κ3) is 6.01. The van der Waals surface area contributed by atoms with Gasteiger partial charge in [-0.1, -0.05) is 114 Å². The lowest BCUT2D eigenvalue weighted by atomic mass is 9.80. The van der Waals surface area contributed by atoms with Crippen LogP contribution in [0.3, 0.4) is 0 Å². The van der Waals surface area contributed by atoms with E-state index in [9.17, 15) is 0 Å². The van der Waals surface area contributed by atoms with Crippen molar-refractivity contribution in [3.63, 3.8) is 0 Å². The standard InChI is InChI=1S/C32H35N2.2CH3.Al/c1-22-16-17-23-12-8-10-14-28(23)30(22)34-29-15-11-9-13-24(29)21-33-27-19-25(31(2,3)4)18-26(20-27)32(5,6)7;;;/h8-21H,1-7H3;2*1H3;/q-1;;;+1. The van der Waals surface area contributed by atoms with Crippen molar-refractivity contribution in [2.45, 2.75) is 70.9 Å². The molecule has 190 valence electrons. The Morgan fingerprint density at radius 2 is 1.32 bits per heavy atom.